The number of aryl methyl sites for hydroxylation is 2. The van der Waals surface area contributed by atoms with Crippen molar-refractivity contribution in [2.75, 3.05) is 0 Å². The van der Waals surface area contributed by atoms with Gasteiger partial charge in [0.1, 0.15) is 0 Å². The van der Waals surface area contributed by atoms with Crippen molar-refractivity contribution in [3.8, 4) is 0 Å². The van der Waals surface area contributed by atoms with Gasteiger partial charge in [0.05, 0.1) is 0 Å². The maximum atomic E-state index is 5.75. The van der Waals surface area contributed by atoms with Gasteiger partial charge in [-0.2, -0.15) is 0 Å². The summed E-state index contributed by atoms with van der Waals surface area (Å²) in [5.74, 6) is 5.75. The van der Waals surface area contributed by atoms with Crippen LogP contribution in [0.3, 0.4) is 0 Å². The first kappa shape index (κ1) is 14.0. The van der Waals surface area contributed by atoms with Gasteiger partial charge < -0.3 is 0 Å². The van der Waals surface area contributed by atoms with E-state index in [1.54, 1.807) is 0 Å². The molecule has 1 aliphatic rings. The Balaban J connectivity index is 1.79. The maximum Gasteiger partial charge on any atom is 0.0500 e. The van der Waals surface area contributed by atoms with Gasteiger partial charge in [-0.15, -0.1) is 0 Å². The van der Waals surface area contributed by atoms with E-state index in [1.165, 1.54) is 45.1 Å². The SMILES string of the molecule is NNC(Cc1ccc2c(c1)CCC2)c1ccc(I)cc1. The van der Waals surface area contributed by atoms with E-state index in [-0.39, 0.29) is 6.04 Å². The molecule has 1 aliphatic carbocycles. The van der Waals surface area contributed by atoms with Crippen LogP contribution >= 0.6 is 22.6 Å². The van der Waals surface area contributed by atoms with Gasteiger partial charge in [0, 0.05) is 9.61 Å². The van der Waals surface area contributed by atoms with Gasteiger partial charge in [-0.05, 0) is 82.7 Å². The molecule has 0 fully saturated rings. The predicted molar refractivity (Wildman–Crippen MR) is 91.4 cm³/mol. The lowest BCUT2D eigenvalue weighted by atomic mass is 9.97. The summed E-state index contributed by atoms with van der Waals surface area (Å²) in [7, 11) is 0. The second kappa shape index (κ2) is 6.24. The first-order chi connectivity index (χ1) is 9.76. The van der Waals surface area contributed by atoms with Gasteiger partial charge in [0.2, 0.25) is 0 Å². The number of fused-ring (bicyclic) bond motifs is 1. The van der Waals surface area contributed by atoms with E-state index in [0.717, 1.165) is 6.42 Å². The van der Waals surface area contributed by atoms with Crippen LogP contribution in [-0.4, -0.2) is 0 Å². The van der Waals surface area contributed by atoms with Crippen LogP contribution in [0.4, 0.5) is 0 Å². The molecule has 0 saturated heterocycles. The quantitative estimate of drug-likeness (QED) is 0.485. The van der Waals surface area contributed by atoms with Crippen LogP contribution < -0.4 is 11.3 Å². The number of benzene rings is 2. The minimum absolute atomic E-state index is 0.173. The molecule has 2 nitrogen and oxygen atoms in total. The number of hydrogen-bond donors (Lipinski definition) is 2. The van der Waals surface area contributed by atoms with Crippen LogP contribution in [0.15, 0.2) is 42.5 Å². The monoisotopic (exact) mass is 378 g/mol. The molecule has 0 heterocycles. The normalized spacial score (nSPS) is 15.1. The average molecular weight is 378 g/mol. The molecule has 3 rings (SSSR count). The largest absolute Gasteiger partial charge is 0.271 e. The third-order valence-corrected chi connectivity index (χ3v) is 4.80. The van der Waals surface area contributed by atoms with Crippen LogP contribution in [-0.2, 0) is 19.3 Å². The van der Waals surface area contributed by atoms with Crippen molar-refractivity contribution in [1.29, 1.82) is 0 Å². The Labute approximate surface area is 133 Å². The summed E-state index contributed by atoms with van der Waals surface area (Å²) in [4.78, 5) is 0. The topological polar surface area (TPSA) is 38.0 Å². The Hall–Kier alpha value is -0.910. The van der Waals surface area contributed by atoms with Crippen LogP contribution in [0.1, 0.15) is 34.7 Å². The Morgan fingerprint density at radius 1 is 1.05 bits per heavy atom. The average Bonchev–Trinajstić information content (AvgIpc) is 2.93. The van der Waals surface area contributed by atoms with E-state index < -0.39 is 0 Å². The van der Waals surface area contributed by atoms with E-state index in [4.69, 9.17) is 5.84 Å². The fourth-order valence-electron chi connectivity index (χ4n) is 2.96. The lowest BCUT2D eigenvalue weighted by molar-refractivity contribution is 0.551. The summed E-state index contributed by atoms with van der Waals surface area (Å²) >= 11 is 2.32. The Morgan fingerprint density at radius 2 is 1.80 bits per heavy atom. The maximum absolute atomic E-state index is 5.75. The summed E-state index contributed by atoms with van der Waals surface area (Å²) in [6, 6.07) is 15.6. The zero-order chi connectivity index (χ0) is 13.9. The van der Waals surface area contributed by atoms with Gasteiger partial charge >= 0.3 is 0 Å². The molecule has 104 valence electrons. The zero-order valence-corrected chi connectivity index (χ0v) is 13.6. The molecule has 2 aromatic carbocycles. The molecule has 3 heteroatoms. The number of halogens is 1. The van der Waals surface area contributed by atoms with Crippen molar-refractivity contribution in [3.63, 3.8) is 0 Å². The van der Waals surface area contributed by atoms with Crippen molar-refractivity contribution in [2.24, 2.45) is 5.84 Å². The highest BCUT2D eigenvalue weighted by Crippen LogP contribution is 2.25. The summed E-state index contributed by atoms with van der Waals surface area (Å²) < 4.78 is 1.25. The molecule has 0 bridgehead atoms. The van der Waals surface area contributed by atoms with Crippen molar-refractivity contribution < 1.29 is 0 Å². The van der Waals surface area contributed by atoms with Gasteiger partial charge in [-0.1, -0.05) is 30.3 Å². The fourth-order valence-corrected chi connectivity index (χ4v) is 3.32. The van der Waals surface area contributed by atoms with Gasteiger partial charge in [0.25, 0.3) is 0 Å². The van der Waals surface area contributed by atoms with Gasteiger partial charge in [0.15, 0.2) is 0 Å². The highest BCUT2D eigenvalue weighted by Gasteiger charge is 2.14. The summed E-state index contributed by atoms with van der Waals surface area (Å²) in [5, 5.41) is 0. The smallest absolute Gasteiger partial charge is 0.0500 e. The first-order valence-corrected chi connectivity index (χ1v) is 8.16. The van der Waals surface area contributed by atoms with Crippen molar-refractivity contribution in [1.82, 2.24) is 5.43 Å². The van der Waals surface area contributed by atoms with E-state index in [1.807, 2.05) is 0 Å². The minimum Gasteiger partial charge on any atom is -0.271 e. The first-order valence-electron chi connectivity index (χ1n) is 7.08. The van der Waals surface area contributed by atoms with Crippen LogP contribution in [0.25, 0.3) is 0 Å². The Bertz CT molecular complexity index is 592. The number of hydrogen-bond acceptors (Lipinski definition) is 2. The lowest BCUT2D eigenvalue weighted by Gasteiger charge is -2.17. The van der Waals surface area contributed by atoms with E-state index >= 15 is 0 Å². The number of hydrazine groups is 1. The second-order valence-electron chi connectivity index (χ2n) is 5.43. The van der Waals surface area contributed by atoms with Crippen LogP contribution in [0, 0.1) is 3.57 Å². The number of rotatable bonds is 4. The highest BCUT2D eigenvalue weighted by atomic mass is 127. The van der Waals surface area contributed by atoms with Crippen LogP contribution in [0.5, 0.6) is 0 Å². The fraction of sp³-hybridized carbons (Fsp3) is 0.294. The summed E-state index contributed by atoms with van der Waals surface area (Å²) in [6.45, 7) is 0. The van der Waals surface area contributed by atoms with E-state index in [0.29, 0.717) is 0 Å². The van der Waals surface area contributed by atoms with Crippen LogP contribution in [0.2, 0.25) is 0 Å². The highest BCUT2D eigenvalue weighted by molar-refractivity contribution is 14.1. The Morgan fingerprint density at radius 3 is 2.55 bits per heavy atom. The van der Waals surface area contributed by atoms with Gasteiger partial charge in [-0.25, -0.2) is 0 Å². The third-order valence-electron chi connectivity index (χ3n) is 4.08. The lowest BCUT2D eigenvalue weighted by Crippen LogP contribution is -2.29. The molecule has 20 heavy (non-hydrogen) atoms. The second-order valence-corrected chi connectivity index (χ2v) is 6.68. The third kappa shape index (κ3) is 3.05. The molecular formula is C17H19IN2. The predicted octanol–water partition coefficient (Wildman–Crippen LogP) is 3.53. The van der Waals surface area contributed by atoms with Crippen molar-refractivity contribution in [2.45, 2.75) is 31.7 Å². The van der Waals surface area contributed by atoms with Crippen molar-refractivity contribution >= 4 is 22.6 Å². The Kier molecular flexibility index (Phi) is 4.38. The molecule has 3 N–H and O–H groups in total. The molecule has 0 amide bonds. The molecular weight excluding hydrogens is 359 g/mol. The van der Waals surface area contributed by atoms with E-state index in [2.05, 4.69) is 70.5 Å². The molecule has 0 spiro atoms. The zero-order valence-electron chi connectivity index (χ0n) is 11.4. The molecule has 0 aromatic heterocycles. The van der Waals surface area contributed by atoms with E-state index in [9.17, 15) is 0 Å². The standard InChI is InChI=1S/C17H19IN2/c18-16-8-6-14(7-9-16)17(20-19)11-12-4-5-13-2-1-3-15(13)10-12/h4-10,17,20H,1-3,11,19H2. The summed E-state index contributed by atoms with van der Waals surface area (Å²) in [5.41, 5.74) is 8.62. The minimum atomic E-state index is 0.173. The van der Waals surface area contributed by atoms with Gasteiger partial charge in [-0.3, -0.25) is 11.3 Å². The molecule has 1 unspecified atom stereocenters. The molecule has 0 saturated carbocycles. The molecule has 0 aliphatic heterocycles. The van der Waals surface area contributed by atoms with Crippen molar-refractivity contribution in [3.05, 3.63) is 68.3 Å². The molecule has 1 atom stereocenters. The summed E-state index contributed by atoms with van der Waals surface area (Å²) in [6.07, 6.45) is 4.71. The molecule has 2 aromatic rings. The number of nitrogens with one attached hydrogen (secondary N) is 1. The number of nitrogens with two attached hydrogens (primary N) is 1. The molecule has 0 radical (unpaired) electrons.